The standard InChI is InChI=1S/C52H101NO5/c1-3-5-7-9-11-13-15-17-18-19-20-22-24-28-32-36-40-44-50(55)49(48-54)53-51(56)45-41-37-33-29-25-23-27-31-35-39-43-47-58-52(57)46-42-38-34-30-26-21-16-14-12-10-8-6-4-2/h14,16,49-50,54-55H,3-13,15,17-48H2,1-2H3,(H,53,56)/b16-14-. The fourth-order valence-corrected chi connectivity index (χ4v) is 8.05. The van der Waals surface area contributed by atoms with Crippen molar-refractivity contribution >= 4 is 11.9 Å². The second-order valence-electron chi connectivity index (χ2n) is 17.9. The molecule has 0 spiro atoms. The Morgan fingerprint density at radius 3 is 1.24 bits per heavy atom. The molecule has 0 saturated heterocycles. The number of esters is 1. The van der Waals surface area contributed by atoms with E-state index < -0.39 is 12.1 Å². The molecule has 2 atom stereocenters. The zero-order chi connectivity index (χ0) is 42.3. The topological polar surface area (TPSA) is 95.9 Å². The van der Waals surface area contributed by atoms with Crippen LogP contribution in [0.4, 0.5) is 0 Å². The minimum Gasteiger partial charge on any atom is -0.466 e. The van der Waals surface area contributed by atoms with E-state index >= 15 is 0 Å². The first-order valence-corrected chi connectivity index (χ1v) is 25.9. The Bertz CT molecular complexity index is 863. The van der Waals surface area contributed by atoms with Crippen LogP contribution in [-0.4, -0.2) is 47.4 Å². The van der Waals surface area contributed by atoms with E-state index in [4.69, 9.17) is 4.74 Å². The first-order chi connectivity index (χ1) is 28.5. The molecule has 0 rings (SSSR count). The molecule has 58 heavy (non-hydrogen) atoms. The molecule has 2 unspecified atom stereocenters. The summed E-state index contributed by atoms with van der Waals surface area (Å²) in [6.45, 7) is 4.90. The van der Waals surface area contributed by atoms with Gasteiger partial charge in [0.05, 0.1) is 25.4 Å². The Morgan fingerprint density at radius 1 is 0.466 bits per heavy atom. The zero-order valence-corrected chi connectivity index (χ0v) is 39.0. The SMILES string of the molecule is CCCCCC/C=C\CCCCCCCC(=O)OCCCCCCCCCCCCCC(=O)NC(CO)C(O)CCCCCCCCCCCCCCCCCCC. The van der Waals surface area contributed by atoms with Crippen LogP contribution < -0.4 is 5.32 Å². The molecule has 0 radical (unpaired) electrons. The summed E-state index contributed by atoms with van der Waals surface area (Å²) in [6.07, 6.45) is 54.6. The molecule has 0 aromatic heterocycles. The number of hydrogen-bond acceptors (Lipinski definition) is 5. The number of aliphatic hydroxyl groups is 2. The number of rotatable bonds is 48. The van der Waals surface area contributed by atoms with Crippen LogP contribution in [-0.2, 0) is 14.3 Å². The molecule has 0 aromatic rings. The van der Waals surface area contributed by atoms with Gasteiger partial charge in [-0.25, -0.2) is 0 Å². The average molecular weight is 820 g/mol. The molecule has 0 aliphatic rings. The van der Waals surface area contributed by atoms with Gasteiger partial charge in [-0.15, -0.1) is 0 Å². The second kappa shape index (κ2) is 48.3. The molecule has 0 fully saturated rings. The summed E-state index contributed by atoms with van der Waals surface area (Å²) in [5, 5.41) is 23.2. The van der Waals surface area contributed by atoms with Gasteiger partial charge >= 0.3 is 5.97 Å². The maximum absolute atomic E-state index is 12.5. The van der Waals surface area contributed by atoms with Crippen molar-refractivity contribution in [1.82, 2.24) is 5.32 Å². The number of aliphatic hydroxyl groups excluding tert-OH is 2. The highest BCUT2D eigenvalue weighted by molar-refractivity contribution is 5.76. The van der Waals surface area contributed by atoms with E-state index in [1.54, 1.807) is 0 Å². The summed E-state index contributed by atoms with van der Waals surface area (Å²) in [5.41, 5.74) is 0. The second-order valence-corrected chi connectivity index (χ2v) is 17.9. The van der Waals surface area contributed by atoms with E-state index in [0.29, 0.717) is 25.9 Å². The fraction of sp³-hybridized carbons (Fsp3) is 0.923. The van der Waals surface area contributed by atoms with Crippen LogP contribution in [0.15, 0.2) is 12.2 Å². The fourth-order valence-electron chi connectivity index (χ4n) is 8.05. The van der Waals surface area contributed by atoms with Crippen molar-refractivity contribution in [2.75, 3.05) is 13.2 Å². The van der Waals surface area contributed by atoms with Crippen molar-refractivity contribution in [2.24, 2.45) is 0 Å². The first-order valence-electron chi connectivity index (χ1n) is 25.9. The normalized spacial score (nSPS) is 12.7. The van der Waals surface area contributed by atoms with Crippen LogP contribution in [0.1, 0.15) is 284 Å². The summed E-state index contributed by atoms with van der Waals surface area (Å²) >= 11 is 0. The number of hydrogen-bond donors (Lipinski definition) is 3. The monoisotopic (exact) mass is 820 g/mol. The third-order valence-corrected chi connectivity index (χ3v) is 12.1. The number of amides is 1. The van der Waals surface area contributed by atoms with Crippen LogP contribution in [0, 0.1) is 0 Å². The molecule has 1 amide bonds. The molecule has 344 valence electrons. The van der Waals surface area contributed by atoms with Crippen molar-refractivity contribution < 1.29 is 24.5 Å². The van der Waals surface area contributed by atoms with Gasteiger partial charge in [-0.1, -0.05) is 231 Å². The first kappa shape index (κ1) is 56.6. The van der Waals surface area contributed by atoms with Crippen molar-refractivity contribution in [3.8, 4) is 0 Å². The molecule has 6 nitrogen and oxygen atoms in total. The van der Waals surface area contributed by atoms with Crippen molar-refractivity contribution in [3.05, 3.63) is 12.2 Å². The van der Waals surface area contributed by atoms with Crippen LogP contribution in [0.2, 0.25) is 0 Å². The van der Waals surface area contributed by atoms with E-state index in [0.717, 1.165) is 57.8 Å². The van der Waals surface area contributed by atoms with E-state index in [-0.39, 0.29) is 18.5 Å². The van der Waals surface area contributed by atoms with Crippen LogP contribution >= 0.6 is 0 Å². The highest BCUT2D eigenvalue weighted by atomic mass is 16.5. The molecule has 0 aromatic carbocycles. The van der Waals surface area contributed by atoms with Gasteiger partial charge in [-0.05, 0) is 51.4 Å². The van der Waals surface area contributed by atoms with Crippen LogP contribution in [0.5, 0.6) is 0 Å². The lowest BCUT2D eigenvalue weighted by Crippen LogP contribution is -2.45. The minimum atomic E-state index is -0.676. The minimum absolute atomic E-state index is 0.0224. The number of carbonyl (C=O) groups excluding carboxylic acids is 2. The Labute approximate surface area is 361 Å². The van der Waals surface area contributed by atoms with Gasteiger partial charge in [0.25, 0.3) is 0 Å². The molecule has 0 bridgehead atoms. The van der Waals surface area contributed by atoms with E-state index in [1.165, 1.54) is 193 Å². The molecular weight excluding hydrogens is 719 g/mol. The lowest BCUT2D eigenvalue weighted by Gasteiger charge is -2.22. The maximum Gasteiger partial charge on any atom is 0.305 e. The van der Waals surface area contributed by atoms with Gasteiger partial charge in [0, 0.05) is 12.8 Å². The number of carbonyl (C=O) groups is 2. The predicted molar refractivity (Wildman–Crippen MR) is 250 cm³/mol. The Balaban J connectivity index is 3.48. The summed E-state index contributed by atoms with van der Waals surface area (Å²) in [4.78, 5) is 24.5. The van der Waals surface area contributed by atoms with Gasteiger partial charge in [0.2, 0.25) is 5.91 Å². The van der Waals surface area contributed by atoms with Crippen molar-refractivity contribution in [2.45, 2.75) is 296 Å². The average Bonchev–Trinajstić information content (AvgIpc) is 3.22. The van der Waals surface area contributed by atoms with Gasteiger partial charge in [0.1, 0.15) is 0 Å². The molecule has 0 aliphatic carbocycles. The molecule has 3 N–H and O–H groups in total. The highest BCUT2D eigenvalue weighted by Crippen LogP contribution is 2.17. The third kappa shape index (κ3) is 44.2. The van der Waals surface area contributed by atoms with Crippen molar-refractivity contribution in [1.29, 1.82) is 0 Å². The third-order valence-electron chi connectivity index (χ3n) is 12.1. The van der Waals surface area contributed by atoms with E-state index in [9.17, 15) is 19.8 Å². The Morgan fingerprint density at radius 2 is 0.810 bits per heavy atom. The lowest BCUT2D eigenvalue weighted by molar-refractivity contribution is -0.143. The van der Waals surface area contributed by atoms with Gasteiger partial charge in [-0.3, -0.25) is 9.59 Å². The van der Waals surface area contributed by atoms with Crippen LogP contribution in [0.3, 0.4) is 0 Å². The summed E-state index contributed by atoms with van der Waals surface area (Å²) in [6, 6.07) is -0.555. The van der Waals surface area contributed by atoms with E-state index in [1.807, 2.05) is 0 Å². The number of allylic oxidation sites excluding steroid dienone is 2. The Kier molecular flexibility index (Phi) is 47.1. The largest absolute Gasteiger partial charge is 0.466 e. The molecular formula is C52H101NO5. The van der Waals surface area contributed by atoms with E-state index in [2.05, 4.69) is 31.3 Å². The molecule has 0 saturated carbocycles. The van der Waals surface area contributed by atoms with Crippen LogP contribution in [0.25, 0.3) is 0 Å². The van der Waals surface area contributed by atoms with Gasteiger partial charge in [0.15, 0.2) is 0 Å². The molecule has 0 aliphatic heterocycles. The molecule has 0 heterocycles. The Hall–Kier alpha value is -1.40. The van der Waals surface area contributed by atoms with Gasteiger partial charge < -0.3 is 20.3 Å². The zero-order valence-electron chi connectivity index (χ0n) is 39.0. The number of ether oxygens (including phenoxy) is 1. The summed E-state index contributed by atoms with van der Waals surface area (Å²) in [7, 11) is 0. The van der Waals surface area contributed by atoms with Gasteiger partial charge in [-0.2, -0.15) is 0 Å². The predicted octanol–water partition coefficient (Wildman–Crippen LogP) is 15.3. The summed E-state index contributed by atoms with van der Waals surface area (Å²) < 4.78 is 5.45. The van der Waals surface area contributed by atoms with Crippen molar-refractivity contribution in [3.63, 3.8) is 0 Å². The highest BCUT2D eigenvalue weighted by Gasteiger charge is 2.20. The lowest BCUT2D eigenvalue weighted by atomic mass is 10.0. The smallest absolute Gasteiger partial charge is 0.305 e. The number of nitrogens with one attached hydrogen (secondary N) is 1. The maximum atomic E-state index is 12.5. The molecule has 6 heteroatoms. The quantitative estimate of drug-likeness (QED) is 0.0323. The number of unbranched alkanes of at least 4 members (excludes halogenated alkanes) is 35. The summed E-state index contributed by atoms with van der Waals surface area (Å²) in [5.74, 6) is -0.0749.